The number of hydrogen-bond acceptors (Lipinski definition) is 4. The summed E-state index contributed by atoms with van der Waals surface area (Å²) in [4.78, 5) is 19.1. The van der Waals surface area contributed by atoms with Crippen molar-refractivity contribution in [2.24, 2.45) is 0 Å². The highest BCUT2D eigenvalue weighted by atomic mass is 19.1. The second-order valence-electron chi connectivity index (χ2n) is 6.83. The van der Waals surface area contributed by atoms with Crippen LogP contribution in [-0.2, 0) is 4.79 Å². The maximum absolute atomic E-state index is 13.4. The summed E-state index contributed by atoms with van der Waals surface area (Å²) in [5.74, 6) is 1.65. The molecule has 4 rings (SSSR count). The van der Waals surface area contributed by atoms with Gasteiger partial charge in [0.1, 0.15) is 12.0 Å². The van der Waals surface area contributed by atoms with Crippen molar-refractivity contribution < 1.29 is 9.18 Å². The smallest absolute Gasteiger partial charge is 0.239 e. The molecule has 0 spiro atoms. The van der Waals surface area contributed by atoms with E-state index in [2.05, 4.69) is 20.5 Å². The van der Waals surface area contributed by atoms with Crippen molar-refractivity contribution in [3.05, 3.63) is 36.2 Å². The molecular formula is C18H22FN5O. The van der Waals surface area contributed by atoms with Gasteiger partial charge in [0.25, 0.3) is 0 Å². The summed E-state index contributed by atoms with van der Waals surface area (Å²) in [5, 5.41) is 10.3. The molecule has 3 heterocycles. The van der Waals surface area contributed by atoms with Crippen molar-refractivity contribution in [3.63, 3.8) is 0 Å². The fourth-order valence-electron chi connectivity index (χ4n) is 3.67. The number of carbonyl (C=O) groups is 1. The molecule has 132 valence electrons. The molecule has 1 amide bonds. The molecule has 1 aromatic heterocycles. The van der Waals surface area contributed by atoms with E-state index in [1.165, 1.54) is 0 Å². The number of aromatic amines is 1. The molecule has 2 aromatic rings. The molecule has 6 nitrogen and oxygen atoms in total. The van der Waals surface area contributed by atoms with Crippen molar-refractivity contribution in [3.8, 4) is 11.4 Å². The molecule has 0 bridgehead atoms. The molecule has 0 aliphatic carbocycles. The number of H-pyrrole nitrogens is 1. The second-order valence-corrected chi connectivity index (χ2v) is 6.83. The average Bonchev–Trinajstić information content (AvgIpc) is 3.31. The van der Waals surface area contributed by atoms with Crippen LogP contribution in [0.25, 0.3) is 11.4 Å². The number of carbonyl (C=O) groups excluding carboxylic acids is 1. The first kappa shape index (κ1) is 16.2. The fourth-order valence-corrected chi connectivity index (χ4v) is 3.67. The summed E-state index contributed by atoms with van der Waals surface area (Å²) in [5.41, 5.74) is 0.970. The van der Waals surface area contributed by atoms with Crippen LogP contribution >= 0.6 is 0 Å². The summed E-state index contributed by atoms with van der Waals surface area (Å²) < 4.78 is 13.4. The van der Waals surface area contributed by atoms with Crippen LogP contribution in [0.2, 0.25) is 0 Å². The zero-order chi connectivity index (χ0) is 17.2. The van der Waals surface area contributed by atoms with Gasteiger partial charge in [-0.1, -0.05) is 30.3 Å². The molecular weight excluding hydrogens is 321 g/mol. The van der Waals surface area contributed by atoms with Crippen molar-refractivity contribution in [1.82, 2.24) is 25.4 Å². The van der Waals surface area contributed by atoms with Crippen molar-refractivity contribution in [1.29, 1.82) is 0 Å². The third-order valence-electron chi connectivity index (χ3n) is 5.03. The number of benzene rings is 1. The molecule has 0 saturated carbocycles. The number of aromatic nitrogens is 3. The van der Waals surface area contributed by atoms with Gasteiger partial charge in [0.15, 0.2) is 5.82 Å². The summed E-state index contributed by atoms with van der Waals surface area (Å²) >= 11 is 0. The Balaban J connectivity index is 1.45. The lowest BCUT2D eigenvalue weighted by atomic mass is 9.96. The average molecular weight is 343 g/mol. The highest BCUT2D eigenvalue weighted by molar-refractivity contribution is 5.82. The Labute approximate surface area is 145 Å². The van der Waals surface area contributed by atoms with Gasteiger partial charge in [0.2, 0.25) is 5.91 Å². The van der Waals surface area contributed by atoms with Gasteiger partial charge in [-0.3, -0.25) is 9.89 Å². The Morgan fingerprint density at radius 1 is 1.28 bits per heavy atom. The number of piperidine rings is 1. The fraction of sp³-hybridized carbons (Fsp3) is 0.500. The Morgan fingerprint density at radius 2 is 2.12 bits per heavy atom. The third kappa shape index (κ3) is 3.42. The topological polar surface area (TPSA) is 73.9 Å². The zero-order valence-electron chi connectivity index (χ0n) is 14.0. The van der Waals surface area contributed by atoms with Gasteiger partial charge in [-0.15, -0.1) is 0 Å². The first-order chi connectivity index (χ1) is 12.2. The van der Waals surface area contributed by atoms with Crippen molar-refractivity contribution in [2.45, 2.75) is 37.4 Å². The normalized spacial score (nSPS) is 26.8. The number of likely N-dealkylation sites (tertiary alicyclic amines) is 1. The molecule has 2 fully saturated rings. The Morgan fingerprint density at radius 3 is 2.88 bits per heavy atom. The van der Waals surface area contributed by atoms with Crippen LogP contribution in [0.4, 0.5) is 4.39 Å². The molecule has 2 aliphatic heterocycles. The minimum Gasteiger partial charge on any atom is -0.341 e. The van der Waals surface area contributed by atoms with Crippen LogP contribution in [0.1, 0.15) is 31.0 Å². The number of alkyl halides is 1. The third-order valence-corrected chi connectivity index (χ3v) is 5.03. The molecule has 0 unspecified atom stereocenters. The van der Waals surface area contributed by atoms with Crippen molar-refractivity contribution >= 4 is 5.91 Å². The van der Waals surface area contributed by atoms with Crippen LogP contribution < -0.4 is 5.32 Å². The molecule has 1 aromatic carbocycles. The van der Waals surface area contributed by atoms with Crippen molar-refractivity contribution in [2.75, 3.05) is 19.6 Å². The molecule has 25 heavy (non-hydrogen) atoms. The largest absolute Gasteiger partial charge is 0.341 e. The van der Waals surface area contributed by atoms with Gasteiger partial charge < -0.3 is 10.2 Å². The molecule has 2 N–H and O–H groups in total. The Bertz CT molecular complexity index is 734. The maximum atomic E-state index is 13.4. The van der Waals surface area contributed by atoms with E-state index in [0.29, 0.717) is 12.4 Å². The summed E-state index contributed by atoms with van der Waals surface area (Å²) in [6.45, 7) is 1.61. The lowest BCUT2D eigenvalue weighted by Crippen LogP contribution is -2.47. The Hall–Kier alpha value is -2.28. The zero-order valence-corrected chi connectivity index (χ0v) is 14.0. The van der Waals surface area contributed by atoms with E-state index in [1.807, 2.05) is 35.2 Å². The summed E-state index contributed by atoms with van der Waals surface area (Å²) in [7, 11) is 0. The lowest BCUT2D eigenvalue weighted by molar-refractivity contribution is -0.134. The van der Waals surface area contributed by atoms with Crippen LogP contribution in [0.5, 0.6) is 0 Å². The van der Waals surface area contributed by atoms with Gasteiger partial charge in [-0.25, -0.2) is 9.37 Å². The summed E-state index contributed by atoms with van der Waals surface area (Å²) in [6, 6.07) is 9.44. The van der Waals surface area contributed by atoms with Crippen LogP contribution in [0.3, 0.4) is 0 Å². The number of hydrogen-bond donors (Lipinski definition) is 2. The highest BCUT2D eigenvalue weighted by Crippen LogP contribution is 2.27. The second kappa shape index (κ2) is 6.92. The van der Waals surface area contributed by atoms with E-state index < -0.39 is 6.17 Å². The monoisotopic (exact) mass is 343 g/mol. The van der Waals surface area contributed by atoms with Crippen LogP contribution in [-0.4, -0.2) is 57.8 Å². The standard InChI is InChI=1S/C18H22FN5O/c19-14-9-15(20-10-14)18(25)24-8-4-7-13(11-24)17-21-16(22-23-17)12-5-2-1-3-6-12/h1-3,5-6,13-15,20H,4,7-11H2,(H,21,22,23)/t13-,14-,15+/m0/s1. The minimum absolute atomic E-state index is 0.00708. The van der Waals surface area contributed by atoms with Gasteiger partial charge in [-0.05, 0) is 12.8 Å². The lowest BCUT2D eigenvalue weighted by Gasteiger charge is -2.33. The number of nitrogens with one attached hydrogen (secondary N) is 2. The molecule has 3 atom stereocenters. The van der Waals surface area contributed by atoms with E-state index in [-0.39, 0.29) is 30.8 Å². The number of rotatable bonds is 3. The predicted octanol–water partition coefficient (Wildman–Crippen LogP) is 1.88. The van der Waals surface area contributed by atoms with Crippen LogP contribution in [0.15, 0.2) is 30.3 Å². The SMILES string of the molecule is O=C([C@H]1C[C@H](F)CN1)N1CCC[C@H](c2nc(-c3ccccc3)n[nH]2)C1. The first-order valence-corrected chi connectivity index (χ1v) is 8.84. The van der Waals surface area contributed by atoms with E-state index in [4.69, 9.17) is 0 Å². The van der Waals surface area contributed by atoms with Gasteiger partial charge in [0.05, 0.1) is 6.04 Å². The Kier molecular flexibility index (Phi) is 4.48. The van der Waals surface area contributed by atoms with E-state index >= 15 is 0 Å². The maximum Gasteiger partial charge on any atom is 0.239 e. The molecule has 2 aliphatic rings. The highest BCUT2D eigenvalue weighted by Gasteiger charge is 2.35. The van der Waals surface area contributed by atoms with Gasteiger partial charge in [-0.2, -0.15) is 5.10 Å². The molecule has 0 radical (unpaired) electrons. The van der Waals surface area contributed by atoms with Gasteiger partial charge >= 0.3 is 0 Å². The molecule has 2 saturated heterocycles. The molecule has 7 heteroatoms. The van der Waals surface area contributed by atoms with E-state index in [9.17, 15) is 9.18 Å². The number of halogens is 1. The first-order valence-electron chi connectivity index (χ1n) is 8.84. The van der Waals surface area contributed by atoms with Crippen LogP contribution in [0, 0.1) is 0 Å². The quantitative estimate of drug-likeness (QED) is 0.892. The van der Waals surface area contributed by atoms with Gasteiger partial charge in [0, 0.05) is 37.5 Å². The van der Waals surface area contributed by atoms with E-state index in [1.54, 1.807) is 0 Å². The number of nitrogens with zero attached hydrogens (tertiary/aromatic N) is 3. The predicted molar refractivity (Wildman–Crippen MR) is 91.7 cm³/mol. The minimum atomic E-state index is -0.919. The van der Waals surface area contributed by atoms with E-state index in [0.717, 1.165) is 30.8 Å². The number of amides is 1. The summed E-state index contributed by atoms with van der Waals surface area (Å²) in [6.07, 6.45) is 1.25.